The molecule has 0 radical (unpaired) electrons. The van der Waals surface area contributed by atoms with E-state index < -0.39 is 6.03 Å². The Morgan fingerprint density at radius 2 is 2.00 bits per heavy atom. The molecule has 4 nitrogen and oxygen atoms in total. The molecule has 0 aliphatic carbocycles. The lowest BCUT2D eigenvalue weighted by atomic mass is 10.1. The van der Waals surface area contributed by atoms with E-state index in [1.54, 1.807) is 18.2 Å². The monoisotopic (exact) mass is 256 g/mol. The zero-order chi connectivity index (χ0) is 10.6. The van der Waals surface area contributed by atoms with Gasteiger partial charge in [0.15, 0.2) is 5.78 Å². The van der Waals surface area contributed by atoms with E-state index in [-0.39, 0.29) is 12.3 Å². The van der Waals surface area contributed by atoms with E-state index in [1.807, 2.05) is 6.07 Å². The van der Waals surface area contributed by atoms with Crippen LogP contribution in [0.3, 0.4) is 0 Å². The van der Waals surface area contributed by atoms with Crippen LogP contribution in [0.1, 0.15) is 10.4 Å². The molecule has 1 aromatic rings. The maximum absolute atomic E-state index is 11.5. The summed E-state index contributed by atoms with van der Waals surface area (Å²) in [6.07, 6.45) is 0. The number of carbonyl (C=O) groups is 2. The van der Waals surface area contributed by atoms with Gasteiger partial charge >= 0.3 is 6.03 Å². The predicted molar refractivity (Wildman–Crippen MR) is 56.1 cm³/mol. The molecule has 3 N–H and O–H groups in total. The summed E-state index contributed by atoms with van der Waals surface area (Å²) in [6.45, 7) is -0.0854. The number of rotatable bonds is 3. The maximum Gasteiger partial charge on any atom is 0.312 e. The minimum absolute atomic E-state index is 0.0854. The molecule has 0 aliphatic heterocycles. The van der Waals surface area contributed by atoms with Gasteiger partial charge in [0.2, 0.25) is 0 Å². The van der Waals surface area contributed by atoms with Gasteiger partial charge in [-0.15, -0.1) is 0 Å². The molecule has 0 aromatic heterocycles. The van der Waals surface area contributed by atoms with E-state index in [0.717, 1.165) is 0 Å². The molecule has 0 bridgehead atoms. The number of hydrogen-bond acceptors (Lipinski definition) is 2. The van der Waals surface area contributed by atoms with Crippen LogP contribution < -0.4 is 11.1 Å². The Morgan fingerprint density at radius 1 is 1.36 bits per heavy atom. The fraction of sp³-hybridized carbons (Fsp3) is 0.111. The van der Waals surface area contributed by atoms with Gasteiger partial charge in [0.05, 0.1) is 6.54 Å². The van der Waals surface area contributed by atoms with Gasteiger partial charge in [-0.05, 0) is 6.07 Å². The smallest absolute Gasteiger partial charge is 0.312 e. The molecule has 1 rings (SSSR count). The predicted octanol–water partition coefficient (Wildman–Crippen LogP) is 1.30. The van der Waals surface area contributed by atoms with Crippen molar-refractivity contribution < 1.29 is 9.59 Å². The second-order valence-corrected chi connectivity index (χ2v) is 3.48. The molecule has 74 valence electrons. The van der Waals surface area contributed by atoms with Crippen LogP contribution in [0.4, 0.5) is 4.79 Å². The van der Waals surface area contributed by atoms with Gasteiger partial charge in [0.25, 0.3) is 0 Å². The SMILES string of the molecule is NC(=O)NCC(=O)c1ccccc1Br. The third-order valence-electron chi connectivity index (χ3n) is 1.60. The van der Waals surface area contributed by atoms with E-state index in [4.69, 9.17) is 5.73 Å². The van der Waals surface area contributed by atoms with Gasteiger partial charge in [0, 0.05) is 10.0 Å². The first-order chi connectivity index (χ1) is 6.61. The van der Waals surface area contributed by atoms with Gasteiger partial charge in [-0.3, -0.25) is 4.79 Å². The first-order valence-corrected chi connectivity index (χ1v) is 4.71. The Hall–Kier alpha value is -1.36. The molecule has 0 saturated heterocycles. The van der Waals surface area contributed by atoms with Crippen molar-refractivity contribution >= 4 is 27.7 Å². The average Bonchev–Trinajstić information content (AvgIpc) is 2.15. The molecular formula is C9H9BrN2O2. The minimum atomic E-state index is -0.703. The zero-order valence-corrected chi connectivity index (χ0v) is 8.87. The first kappa shape index (κ1) is 10.7. The summed E-state index contributed by atoms with van der Waals surface area (Å²) >= 11 is 3.24. The summed E-state index contributed by atoms with van der Waals surface area (Å²) in [5, 5.41) is 2.24. The summed E-state index contributed by atoms with van der Waals surface area (Å²) in [5.41, 5.74) is 5.37. The Labute approximate surface area is 89.6 Å². The molecule has 5 heteroatoms. The normalized spacial score (nSPS) is 9.50. The molecule has 0 unspecified atom stereocenters. The van der Waals surface area contributed by atoms with Crippen LogP contribution >= 0.6 is 15.9 Å². The number of Topliss-reactive ketones (excluding diaryl/α,β-unsaturated/α-hetero) is 1. The molecule has 0 heterocycles. The molecule has 0 fully saturated rings. The number of nitrogens with one attached hydrogen (secondary N) is 1. The van der Waals surface area contributed by atoms with E-state index in [9.17, 15) is 9.59 Å². The van der Waals surface area contributed by atoms with Crippen LogP contribution in [-0.4, -0.2) is 18.4 Å². The number of ketones is 1. The van der Waals surface area contributed by atoms with Crippen LogP contribution in [-0.2, 0) is 0 Å². The number of primary amides is 1. The molecule has 0 aliphatic rings. The maximum atomic E-state index is 11.5. The van der Waals surface area contributed by atoms with E-state index >= 15 is 0 Å². The van der Waals surface area contributed by atoms with Crippen LogP contribution in [0.5, 0.6) is 0 Å². The van der Waals surface area contributed by atoms with Crippen molar-refractivity contribution in [2.45, 2.75) is 0 Å². The Balaban J connectivity index is 2.70. The van der Waals surface area contributed by atoms with Crippen molar-refractivity contribution in [3.05, 3.63) is 34.3 Å². The van der Waals surface area contributed by atoms with Crippen molar-refractivity contribution in [2.24, 2.45) is 5.73 Å². The van der Waals surface area contributed by atoms with E-state index in [1.165, 1.54) is 0 Å². The van der Waals surface area contributed by atoms with Crippen molar-refractivity contribution in [1.82, 2.24) is 5.32 Å². The summed E-state index contributed by atoms with van der Waals surface area (Å²) in [6, 6.07) is 6.29. The lowest BCUT2D eigenvalue weighted by Crippen LogP contribution is -2.33. The summed E-state index contributed by atoms with van der Waals surface area (Å²) < 4.78 is 0.705. The third-order valence-corrected chi connectivity index (χ3v) is 2.29. The standard InChI is InChI=1S/C9H9BrN2O2/c10-7-4-2-1-3-6(7)8(13)5-12-9(11)14/h1-4H,5H2,(H3,11,12,14). The minimum Gasteiger partial charge on any atom is -0.352 e. The van der Waals surface area contributed by atoms with Crippen molar-refractivity contribution in [2.75, 3.05) is 6.54 Å². The summed E-state index contributed by atoms with van der Waals surface area (Å²) in [5.74, 6) is -0.184. The fourth-order valence-corrected chi connectivity index (χ4v) is 1.46. The molecule has 14 heavy (non-hydrogen) atoms. The molecule has 0 spiro atoms. The molecule has 0 atom stereocenters. The van der Waals surface area contributed by atoms with Crippen molar-refractivity contribution in [3.8, 4) is 0 Å². The zero-order valence-electron chi connectivity index (χ0n) is 7.29. The second-order valence-electron chi connectivity index (χ2n) is 2.62. The highest BCUT2D eigenvalue weighted by molar-refractivity contribution is 9.10. The number of urea groups is 1. The van der Waals surface area contributed by atoms with Gasteiger partial charge in [-0.1, -0.05) is 34.1 Å². The van der Waals surface area contributed by atoms with Gasteiger partial charge in [-0.2, -0.15) is 0 Å². The van der Waals surface area contributed by atoms with Crippen molar-refractivity contribution in [1.29, 1.82) is 0 Å². The molecule has 0 saturated carbocycles. The molecule has 1 aromatic carbocycles. The highest BCUT2D eigenvalue weighted by atomic mass is 79.9. The van der Waals surface area contributed by atoms with Crippen molar-refractivity contribution in [3.63, 3.8) is 0 Å². The van der Waals surface area contributed by atoms with Gasteiger partial charge in [-0.25, -0.2) is 4.79 Å². The number of halogens is 1. The van der Waals surface area contributed by atoms with Gasteiger partial charge in [0.1, 0.15) is 0 Å². The molecular weight excluding hydrogens is 248 g/mol. The lowest BCUT2D eigenvalue weighted by Gasteiger charge is -2.03. The Bertz CT molecular complexity index is 366. The number of carbonyl (C=O) groups excluding carboxylic acids is 2. The van der Waals surface area contributed by atoms with Crippen LogP contribution in [0, 0.1) is 0 Å². The van der Waals surface area contributed by atoms with Gasteiger partial charge < -0.3 is 11.1 Å². The topological polar surface area (TPSA) is 72.2 Å². The van der Waals surface area contributed by atoms with Crippen LogP contribution in [0.2, 0.25) is 0 Å². The second kappa shape index (κ2) is 4.76. The Kier molecular flexibility index (Phi) is 3.64. The quantitative estimate of drug-likeness (QED) is 0.801. The van der Waals surface area contributed by atoms with Crippen LogP contribution in [0.25, 0.3) is 0 Å². The van der Waals surface area contributed by atoms with Crippen LogP contribution in [0.15, 0.2) is 28.7 Å². The largest absolute Gasteiger partial charge is 0.352 e. The highest BCUT2D eigenvalue weighted by Gasteiger charge is 2.09. The molecule has 2 amide bonds. The number of amides is 2. The highest BCUT2D eigenvalue weighted by Crippen LogP contribution is 2.15. The van der Waals surface area contributed by atoms with E-state index in [2.05, 4.69) is 21.2 Å². The lowest BCUT2D eigenvalue weighted by molar-refractivity contribution is 0.0992. The number of benzene rings is 1. The Morgan fingerprint density at radius 3 is 2.57 bits per heavy atom. The summed E-state index contributed by atoms with van der Waals surface area (Å²) in [7, 11) is 0. The number of nitrogens with two attached hydrogens (primary N) is 1. The third kappa shape index (κ3) is 2.85. The summed E-state index contributed by atoms with van der Waals surface area (Å²) in [4.78, 5) is 21.8. The fourth-order valence-electron chi connectivity index (χ4n) is 0.950. The van der Waals surface area contributed by atoms with E-state index in [0.29, 0.717) is 10.0 Å². The average molecular weight is 257 g/mol. The first-order valence-electron chi connectivity index (χ1n) is 3.92. The number of hydrogen-bond donors (Lipinski definition) is 2.